The van der Waals surface area contributed by atoms with Crippen molar-refractivity contribution in [2.24, 2.45) is 0 Å². The van der Waals surface area contributed by atoms with Crippen LogP contribution in [0.4, 0.5) is 5.82 Å². The van der Waals surface area contributed by atoms with E-state index in [9.17, 15) is 4.79 Å². The van der Waals surface area contributed by atoms with E-state index in [0.717, 1.165) is 21.2 Å². The van der Waals surface area contributed by atoms with Gasteiger partial charge in [0, 0.05) is 16.3 Å². The average molecular weight is 370 g/mol. The molecule has 0 bridgehead atoms. The van der Waals surface area contributed by atoms with Crippen LogP contribution in [0.15, 0.2) is 65.7 Å². The third kappa shape index (κ3) is 4.81. The van der Waals surface area contributed by atoms with E-state index < -0.39 is 0 Å². The first-order valence-corrected chi connectivity index (χ1v) is 9.06. The van der Waals surface area contributed by atoms with Crippen LogP contribution in [0.5, 0.6) is 0 Å². The standard InChI is InChI=1S/C19H16ClN3OS/c1-13-6-8-14(9-7-13)19(24)21-17-10-11-18(23-22-17)25-12-15-4-2-3-5-16(15)20/h2-11H,12H2,1H3,(H,21,22,24). The van der Waals surface area contributed by atoms with Crippen LogP contribution < -0.4 is 5.32 Å². The molecule has 1 amide bonds. The zero-order chi connectivity index (χ0) is 17.6. The molecule has 0 atom stereocenters. The number of thioether (sulfide) groups is 1. The molecule has 0 unspecified atom stereocenters. The lowest BCUT2D eigenvalue weighted by molar-refractivity contribution is 0.102. The normalized spacial score (nSPS) is 10.5. The first kappa shape index (κ1) is 17.5. The van der Waals surface area contributed by atoms with Gasteiger partial charge in [-0.3, -0.25) is 4.79 Å². The summed E-state index contributed by atoms with van der Waals surface area (Å²) in [6.45, 7) is 1.98. The second-order valence-electron chi connectivity index (χ2n) is 5.46. The number of halogens is 1. The quantitative estimate of drug-likeness (QED) is 0.644. The Balaban J connectivity index is 1.59. The van der Waals surface area contributed by atoms with E-state index in [-0.39, 0.29) is 5.91 Å². The van der Waals surface area contributed by atoms with Crippen LogP contribution >= 0.6 is 23.4 Å². The van der Waals surface area contributed by atoms with Crippen LogP contribution in [0, 0.1) is 6.92 Å². The number of hydrogen-bond donors (Lipinski definition) is 1. The highest BCUT2D eigenvalue weighted by Gasteiger charge is 2.07. The molecule has 0 saturated heterocycles. The van der Waals surface area contributed by atoms with E-state index in [1.807, 2.05) is 49.4 Å². The highest BCUT2D eigenvalue weighted by molar-refractivity contribution is 7.98. The maximum atomic E-state index is 12.2. The average Bonchev–Trinajstić information content (AvgIpc) is 2.63. The summed E-state index contributed by atoms with van der Waals surface area (Å²) in [5, 5.41) is 12.5. The summed E-state index contributed by atoms with van der Waals surface area (Å²) in [7, 11) is 0. The molecule has 0 aliphatic rings. The lowest BCUT2D eigenvalue weighted by atomic mass is 10.1. The van der Waals surface area contributed by atoms with Gasteiger partial charge in [0.1, 0.15) is 5.03 Å². The number of nitrogens with one attached hydrogen (secondary N) is 1. The maximum absolute atomic E-state index is 12.2. The molecule has 3 aromatic rings. The summed E-state index contributed by atoms with van der Waals surface area (Å²) >= 11 is 7.69. The number of carbonyl (C=O) groups is 1. The molecule has 3 rings (SSSR count). The van der Waals surface area contributed by atoms with Crippen LogP contribution in [0.25, 0.3) is 0 Å². The van der Waals surface area contributed by atoms with Crippen molar-refractivity contribution in [3.63, 3.8) is 0 Å². The van der Waals surface area contributed by atoms with E-state index >= 15 is 0 Å². The van der Waals surface area contributed by atoms with Gasteiger partial charge in [0.2, 0.25) is 0 Å². The minimum atomic E-state index is -0.203. The molecule has 1 N–H and O–H groups in total. The number of aromatic nitrogens is 2. The Bertz CT molecular complexity index is 867. The van der Waals surface area contributed by atoms with Crippen molar-refractivity contribution >= 4 is 35.1 Å². The third-order valence-corrected chi connectivity index (χ3v) is 4.87. The van der Waals surface area contributed by atoms with E-state index in [1.165, 1.54) is 0 Å². The molecule has 0 spiro atoms. The molecule has 25 heavy (non-hydrogen) atoms. The number of aryl methyl sites for hydroxylation is 1. The zero-order valence-electron chi connectivity index (χ0n) is 13.6. The molecule has 0 saturated carbocycles. The predicted octanol–water partition coefficient (Wildman–Crippen LogP) is 4.98. The molecule has 0 aliphatic heterocycles. The Labute approximate surface area is 155 Å². The number of benzene rings is 2. The van der Waals surface area contributed by atoms with Crippen molar-refractivity contribution in [1.82, 2.24) is 10.2 Å². The molecular formula is C19H16ClN3OS. The fourth-order valence-corrected chi connectivity index (χ4v) is 3.22. The Morgan fingerprint density at radius 1 is 1.04 bits per heavy atom. The van der Waals surface area contributed by atoms with Gasteiger partial charge < -0.3 is 5.32 Å². The molecule has 1 aromatic heterocycles. The maximum Gasteiger partial charge on any atom is 0.256 e. The van der Waals surface area contributed by atoms with Crippen LogP contribution in [0.2, 0.25) is 5.02 Å². The fraction of sp³-hybridized carbons (Fsp3) is 0.105. The highest BCUT2D eigenvalue weighted by atomic mass is 35.5. The first-order valence-electron chi connectivity index (χ1n) is 7.70. The van der Waals surface area contributed by atoms with Crippen molar-refractivity contribution in [2.75, 3.05) is 5.32 Å². The highest BCUT2D eigenvalue weighted by Crippen LogP contribution is 2.25. The Hall–Kier alpha value is -2.37. The van der Waals surface area contributed by atoms with Gasteiger partial charge in [0.05, 0.1) is 0 Å². The molecule has 6 heteroatoms. The van der Waals surface area contributed by atoms with Crippen molar-refractivity contribution in [2.45, 2.75) is 17.7 Å². The summed E-state index contributed by atoms with van der Waals surface area (Å²) in [4.78, 5) is 12.2. The molecular weight excluding hydrogens is 354 g/mol. The minimum Gasteiger partial charge on any atom is -0.305 e. The van der Waals surface area contributed by atoms with Gasteiger partial charge >= 0.3 is 0 Å². The van der Waals surface area contributed by atoms with E-state index in [2.05, 4.69) is 15.5 Å². The Kier molecular flexibility index (Phi) is 5.68. The Morgan fingerprint density at radius 2 is 1.80 bits per heavy atom. The topological polar surface area (TPSA) is 54.9 Å². The summed E-state index contributed by atoms with van der Waals surface area (Å²) in [6.07, 6.45) is 0. The van der Waals surface area contributed by atoms with Gasteiger partial charge in [-0.1, -0.05) is 59.3 Å². The summed E-state index contributed by atoms with van der Waals surface area (Å²) in [6, 6.07) is 18.7. The molecule has 0 radical (unpaired) electrons. The molecule has 0 aliphatic carbocycles. The molecule has 2 aromatic carbocycles. The van der Waals surface area contributed by atoms with Crippen molar-refractivity contribution in [3.05, 3.63) is 82.4 Å². The minimum absolute atomic E-state index is 0.203. The first-order chi connectivity index (χ1) is 12.1. The summed E-state index contributed by atoms with van der Waals surface area (Å²) in [5.74, 6) is 0.933. The van der Waals surface area contributed by atoms with E-state index in [4.69, 9.17) is 11.6 Å². The number of hydrogen-bond acceptors (Lipinski definition) is 4. The van der Waals surface area contributed by atoms with Gasteiger partial charge in [-0.2, -0.15) is 0 Å². The van der Waals surface area contributed by atoms with Crippen molar-refractivity contribution in [1.29, 1.82) is 0 Å². The van der Waals surface area contributed by atoms with Gasteiger partial charge in [-0.05, 0) is 42.8 Å². The molecule has 0 fully saturated rings. The summed E-state index contributed by atoms with van der Waals surface area (Å²) in [5.41, 5.74) is 2.74. The second kappa shape index (κ2) is 8.14. The predicted molar refractivity (Wildman–Crippen MR) is 102 cm³/mol. The van der Waals surface area contributed by atoms with Gasteiger partial charge in [0.15, 0.2) is 5.82 Å². The van der Waals surface area contributed by atoms with Gasteiger partial charge in [0.25, 0.3) is 5.91 Å². The van der Waals surface area contributed by atoms with Crippen LogP contribution in [-0.4, -0.2) is 16.1 Å². The van der Waals surface area contributed by atoms with Crippen LogP contribution in [0.3, 0.4) is 0 Å². The smallest absolute Gasteiger partial charge is 0.256 e. The van der Waals surface area contributed by atoms with Gasteiger partial charge in [-0.25, -0.2) is 0 Å². The van der Waals surface area contributed by atoms with Gasteiger partial charge in [-0.15, -0.1) is 10.2 Å². The summed E-state index contributed by atoms with van der Waals surface area (Å²) < 4.78 is 0. The molecule has 4 nitrogen and oxygen atoms in total. The monoisotopic (exact) mass is 369 g/mol. The van der Waals surface area contributed by atoms with Crippen LogP contribution in [0.1, 0.15) is 21.5 Å². The molecule has 1 heterocycles. The number of rotatable bonds is 5. The second-order valence-corrected chi connectivity index (χ2v) is 6.86. The zero-order valence-corrected chi connectivity index (χ0v) is 15.1. The number of anilines is 1. The number of amides is 1. The number of carbonyl (C=O) groups excluding carboxylic acids is 1. The lowest BCUT2D eigenvalue weighted by Gasteiger charge is -2.06. The Morgan fingerprint density at radius 3 is 2.48 bits per heavy atom. The third-order valence-electron chi connectivity index (χ3n) is 3.53. The van der Waals surface area contributed by atoms with Crippen molar-refractivity contribution < 1.29 is 4.79 Å². The lowest BCUT2D eigenvalue weighted by Crippen LogP contribution is -2.13. The van der Waals surface area contributed by atoms with E-state index in [1.54, 1.807) is 30.0 Å². The largest absolute Gasteiger partial charge is 0.305 e. The number of nitrogens with zero attached hydrogens (tertiary/aromatic N) is 2. The fourth-order valence-electron chi connectivity index (χ4n) is 2.12. The van der Waals surface area contributed by atoms with Crippen molar-refractivity contribution in [3.8, 4) is 0 Å². The van der Waals surface area contributed by atoms with E-state index in [0.29, 0.717) is 17.1 Å². The SMILES string of the molecule is Cc1ccc(C(=O)Nc2ccc(SCc3ccccc3Cl)nn2)cc1. The molecule has 126 valence electrons. The van der Waals surface area contributed by atoms with Crippen LogP contribution in [-0.2, 0) is 5.75 Å².